The third-order valence-corrected chi connectivity index (χ3v) is 3.46. The van der Waals surface area contributed by atoms with Gasteiger partial charge in [0.15, 0.2) is 0 Å². The maximum absolute atomic E-state index is 10.0. The lowest BCUT2D eigenvalue weighted by molar-refractivity contribution is 0.0838. The van der Waals surface area contributed by atoms with Crippen LogP contribution in [-0.2, 0) is 6.54 Å². The van der Waals surface area contributed by atoms with Crippen LogP contribution in [0, 0.1) is 5.92 Å². The van der Waals surface area contributed by atoms with E-state index in [-0.39, 0.29) is 18.5 Å². The number of aliphatic hydroxyl groups is 1. The van der Waals surface area contributed by atoms with Crippen LogP contribution in [0.4, 0.5) is 0 Å². The summed E-state index contributed by atoms with van der Waals surface area (Å²) in [6.07, 6.45) is 9.50. The van der Waals surface area contributed by atoms with E-state index in [0.717, 1.165) is 12.1 Å². The number of hydrogen-bond acceptors (Lipinski definition) is 3. The second kappa shape index (κ2) is 7.75. The lowest BCUT2D eigenvalue weighted by Gasteiger charge is -2.26. The molecule has 17 heavy (non-hydrogen) atoms. The fourth-order valence-corrected chi connectivity index (χ4v) is 2.44. The van der Waals surface area contributed by atoms with E-state index in [4.69, 9.17) is 4.42 Å². The number of nitrogens with one attached hydrogen (secondary N) is 1. The fraction of sp³-hybridized carbons (Fsp3) is 0.692. The highest BCUT2D eigenvalue weighted by atomic mass is 35.5. The molecule has 1 aromatic rings. The largest absolute Gasteiger partial charge is 0.472 e. The van der Waals surface area contributed by atoms with Gasteiger partial charge in [-0.3, -0.25) is 0 Å². The first-order chi connectivity index (χ1) is 7.86. The highest BCUT2D eigenvalue weighted by molar-refractivity contribution is 5.85. The monoisotopic (exact) mass is 259 g/mol. The molecule has 1 heterocycles. The molecule has 0 amide bonds. The Morgan fingerprint density at radius 1 is 1.35 bits per heavy atom. The first kappa shape index (κ1) is 14.6. The van der Waals surface area contributed by atoms with Gasteiger partial charge in [0.25, 0.3) is 0 Å². The molecule has 3 nitrogen and oxygen atoms in total. The minimum Gasteiger partial charge on any atom is -0.472 e. The van der Waals surface area contributed by atoms with Crippen molar-refractivity contribution in [3.8, 4) is 0 Å². The minimum atomic E-state index is -0.188. The van der Waals surface area contributed by atoms with Crippen LogP contribution in [0.1, 0.15) is 37.7 Å². The number of halogens is 1. The molecule has 2 N–H and O–H groups in total. The third kappa shape index (κ3) is 4.70. The van der Waals surface area contributed by atoms with Gasteiger partial charge in [0, 0.05) is 18.7 Å². The van der Waals surface area contributed by atoms with Crippen molar-refractivity contribution < 1.29 is 9.52 Å². The van der Waals surface area contributed by atoms with Crippen LogP contribution in [0.5, 0.6) is 0 Å². The van der Waals surface area contributed by atoms with Crippen molar-refractivity contribution in [1.29, 1.82) is 0 Å². The molecule has 1 fully saturated rings. The average Bonchev–Trinajstić information content (AvgIpc) is 2.83. The second-order valence-corrected chi connectivity index (χ2v) is 4.73. The SMILES string of the molecule is Cl.OC(CNCc1ccoc1)C1CCCCC1. The molecule has 0 aromatic carbocycles. The normalized spacial score (nSPS) is 18.6. The quantitative estimate of drug-likeness (QED) is 0.855. The van der Waals surface area contributed by atoms with Gasteiger partial charge in [0.2, 0.25) is 0 Å². The lowest BCUT2D eigenvalue weighted by atomic mass is 9.85. The Hall–Kier alpha value is -0.510. The molecule has 0 spiro atoms. The Balaban J connectivity index is 0.00000144. The molecule has 1 saturated carbocycles. The fourth-order valence-electron chi connectivity index (χ4n) is 2.44. The molecule has 1 aromatic heterocycles. The number of hydrogen-bond donors (Lipinski definition) is 2. The second-order valence-electron chi connectivity index (χ2n) is 4.73. The number of rotatable bonds is 5. The van der Waals surface area contributed by atoms with Crippen molar-refractivity contribution in [3.63, 3.8) is 0 Å². The van der Waals surface area contributed by atoms with E-state index in [1.807, 2.05) is 6.07 Å². The molecule has 0 aliphatic heterocycles. The van der Waals surface area contributed by atoms with Crippen molar-refractivity contribution in [2.75, 3.05) is 6.54 Å². The molecule has 0 radical (unpaired) electrons. The van der Waals surface area contributed by atoms with Gasteiger partial charge in [-0.15, -0.1) is 12.4 Å². The molecule has 4 heteroatoms. The van der Waals surface area contributed by atoms with Gasteiger partial charge >= 0.3 is 0 Å². The predicted octanol–water partition coefficient (Wildman–Crippen LogP) is 2.73. The zero-order chi connectivity index (χ0) is 11.2. The first-order valence-electron chi connectivity index (χ1n) is 6.26. The molecule has 2 rings (SSSR count). The molecule has 0 saturated heterocycles. The first-order valence-corrected chi connectivity index (χ1v) is 6.26. The summed E-state index contributed by atoms with van der Waals surface area (Å²) in [5.41, 5.74) is 1.14. The summed E-state index contributed by atoms with van der Waals surface area (Å²) >= 11 is 0. The van der Waals surface area contributed by atoms with Crippen LogP contribution in [0.15, 0.2) is 23.0 Å². The van der Waals surface area contributed by atoms with Crippen LogP contribution < -0.4 is 5.32 Å². The molecular formula is C13H22ClNO2. The summed E-state index contributed by atoms with van der Waals surface area (Å²) in [6.45, 7) is 1.47. The van der Waals surface area contributed by atoms with E-state index in [2.05, 4.69) is 5.32 Å². The Kier molecular flexibility index (Phi) is 6.63. The maximum atomic E-state index is 10.0. The summed E-state index contributed by atoms with van der Waals surface area (Å²) in [5.74, 6) is 0.505. The Labute approximate surface area is 109 Å². The molecule has 1 aliphatic rings. The van der Waals surface area contributed by atoms with Crippen LogP contribution in [0.25, 0.3) is 0 Å². The highest BCUT2D eigenvalue weighted by Gasteiger charge is 2.20. The van der Waals surface area contributed by atoms with Gasteiger partial charge in [-0.2, -0.15) is 0 Å². The van der Waals surface area contributed by atoms with E-state index in [0.29, 0.717) is 12.5 Å². The van der Waals surface area contributed by atoms with Gasteiger partial charge in [0.1, 0.15) is 0 Å². The topological polar surface area (TPSA) is 45.4 Å². The number of furan rings is 1. The van der Waals surface area contributed by atoms with Crippen LogP contribution in [-0.4, -0.2) is 17.8 Å². The van der Waals surface area contributed by atoms with Gasteiger partial charge in [-0.25, -0.2) is 0 Å². The van der Waals surface area contributed by atoms with Gasteiger partial charge in [0.05, 0.1) is 18.6 Å². The molecule has 0 bridgehead atoms. The summed E-state index contributed by atoms with van der Waals surface area (Å²) in [6, 6.07) is 1.94. The zero-order valence-electron chi connectivity index (χ0n) is 10.1. The molecule has 98 valence electrons. The van der Waals surface area contributed by atoms with Crippen molar-refractivity contribution in [1.82, 2.24) is 5.32 Å². The third-order valence-electron chi connectivity index (χ3n) is 3.46. The molecular weight excluding hydrogens is 238 g/mol. The maximum Gasteiger partial charge on any atom is 0.0947 e. The van der Waals surface area contributed by atoms with Crippen molar-refractivity contribution >= 4 is 12.4 Å². The van der Waals surface area contributed by atoms with E-state index in [1.165, 1.54) is 32.1 Å². The summed E-state index contributed by atoms with van der Waals surface area (Å²) in [5, 5.41) is 13.3. The summed E-state index contributed by atoms with van der Waals surface area (Å²) in [4.78, 5) is 0. The Morgan fingerprint density at radius 3 is 2.76 bits per heavy atom. The van der Waals surface area contributed by atoms with Gasteiger partial charge in [-0.05, 0) is 24.8 Å². The molecule has 1 atom stereocenters. The zero-order valence-corrected chi connectivity index (χ0v) is 10.9. The predicted molar refractivity (Wildman–Crippen MR) is 70.2 cm³/mol. The minimum absolute atomic E-state index is 0. The smallest absolute Gasteiger partial charge is 0.0947 e. The highest BCUT2D eigenvalue weighted by Crippen LogP contribution is 2.26. The number of aliphatic hydroxyl groups excluding tert-OH is 1. The molecule has 1 unspecified atom stereocenters. The Bertz CT molecular complexity index is 284. The van der Waals surface area contributed by atoms with Crippen LogP contribution in [0.2, 0.25) is 0 Å². The van der Waals surface area contributed by atoms with Crippen LogP contribution >= 0.6 is 12.4 Å². The van der Waals surface area contributed by atoms with E-state index < -0.39 is 0 Å². The van der Waals surface area contributed by atoms with Crippen molar-refractivity contribution in [3.05, 3.63) is 24.2 Å². The van der Waals surface area contributed by atoms with Crippen molar-refractivity contribution in [2.24, 2.45) is 5.92 Å². The average molecular weight is 260 g/mol. The van der Waals surface area contributed by atoms with Crippen LogP contribution in [0.3, 0.4) is 0 Å². The van der Waals surface area contributed by atoms with Crippen molar-refractivity contribution in [2.45, 2.75) is 44.8 Å². The van der Waals surface area contributed by atoms with E-state index in [9.17, 15) is 5.11 Å². The Morgan fingerprint density at radius 2 is 2.12 bits per heavy atom. The van der Waals surface area contributed by atoms with E-state index >= 15 is 0 Å². The molecule has 1 aliphatic carbocycles. The van der Waals surface area contributed by atoms with Gasteiger partial charge in [-0.1, -0.05) is 19.3 Å². The van der Waals surface area contributed by atoms with E-state index in [1.54, 1.807) is 12.5 Å². The summed E-state index contributed by atoms with van der Waals surface area (Å²) < 4.78 is 4.99. The summed E-state index contributed by atoms with van der Waals surface area (Å²) in [7, 11) is 0. The lowest BCUT2D eigenvalue weighted by Crippen LogP contribution is -2.33. The van der Waals surface area contributed by atoms with Gasteiger partial charge < -0.3 is 14.8 Å². The standard InChI is InChI=1S/C13H21NO2.ClH/c15-13(12-4-2-1-3-5-12)9-14-8-11-6-7-16-10-11;/h6-7,10,12-15H,1-5,8-9H2;1H.